The van der Waals surface area contributed by atoms with Crippen LogP contribution in [0.2, 0.25) is 0 Å². The van der Waals surface area contributed by atoms with Crippen LogP contribution in [0.15, 0.2) is 231 Å². The molecule has 0 fully saturated rings. The zero-order valence-electron chi connectivity index (χ0n) is 32.9. The molecule has 0 aliphatic heterocycles. The van der Waals surface area contributed by atoms with E-state index in [1.54, 1.807) is 0 Å². The maximum absolute atomic E-state index is 2.44. The van der Waals surface area contributed by atoms with E-state index in [1.807, 2.05) is 0 Å². The highest BCUT2D eigenvalue weighted by Crippen LogP contribution is 2.47. The monoisotopic (exact) mass is 758 g/mol. The largest absolute Gasteiger partial charge is 0.0616 e. The highest BCUT2D eigenvalue weighted by Gasteiger charge is 2.19. The van der Waals surface area contributed by atoms with Gasteiger partial charge in [-0.1, -0.05) is 194 Å². The fraction of sp³-hybridized carbons (Fsp3) is 0. The smallest absolute Gasteiger partial charge is 0.00259 e. The fourth-order valence-corrected chi connectivity index (χ4v) is 9.71. The molecule has 0 atom stereocenters. The third kappa shape index (κ3) is 5.69. The van der Waals surface area contributed by atoms with Gasteiger partial charge in [0.15, 0.2) is 0 Å². The number of fused-ring (bicyclic) bond motifs is 7. The Bertz CT molecular complexity index is 3660. The van der Waals surface area contributed by atoms with Gasteiger partial charge in [-0.05, 0) is 157 Å². The second-order valence-corrected chi connectivity index (χ2v) is 16.0. The molecule has 0 spiro atoms. The van der Waals surface area contributed by atoms with Crippen LogP contribution in [0.3, 0.4) is 0 Å². The Kier molecular flexibility index (Phi) is 7.96. The molecule has 0 radical (unpaired) electrons. The molecular formula is C60H38. The van der Waals surface area contributed by atoms with E-state index in [2.05, 4.69) is 231 Å². The van der Waals surface area contributed by atoms with Crippen molar-refractivity contribution in [1.82, 2.24) is 0 Å². The van der Waals surface area contributed by atoms with Crippen molar-refractivity contribution >= 4 is 64.6 Å². The highest BCUT2D eigenvalue weighted by molar-refractivity contribution is 6.22. The molecule has 0 N–H and O–H groups in total. The van der Waals surface area contributed by atoms with Crippen molar-refractivity contribution in [3.63, 3.8) is 0 Å². The van der Waals surface area contributed by atoms with Crippen molar-refractivity contribution in [2.75, 3.05) is 0 Å². The highest BCUT2D eigenvalue weighted by atomic mass is 14.2. The number of rotatable bonds is 5. The van der Waals surface area contributed by atoms with Crippen molar-refractivity contribution < 1.29 is 0 Å². The Balaban J connectivity index is 1.12. The quantitative estimate of drug-likeness (QED) is 0.121. The first-order chi connectivity index (χ1) is 29.7. The summed E-state index contributed by atoms with van der Waals surface area (Å²) in [5.74, 6) is 0. The van der Waals surface area contributed by atoms with Crippen LogP contribution in [0.4, 0.5) is 0 Å². The molecule has 0 aliphatic carbocycles. The summed E-state index contributed by atoms with van der Waals surface area (Å²) in [6, 6.07) is 85.4. The van der Waals surface area contributed by atoms with Gasteiger partial charge in [0.1, 0.15) is 0 Å². The Morgan fingerprint density at radius 1 is 0.167 bits per heavy atom. The summed E-state index contributed by atoms with van der Waals surface area (Å²) in [7, 11) is 0. The van der Waals surface area contributed by atoms with Gasteiger partial charge in [-0.3, -0.25) is 0 Å². The van der Waals surface area contributed by atoms with Crippen LogP contribution < -0.4 is 0 Å². The van der Waals surface area contributed by atoms with E-state index in [-0.39, 0.29) is 0 Å². The van der Waals surface area contributed by atoms with Crippen LogP contribution in [0.25, 0.3) is 120 Å². The van der Waals surface area contributed by atoms with Gasteiger partial charge in [-0.25, -0.2) is 0 Å². The van der Waals surface area contributed by atoms with E-state index in [9.17, 15) is 0 Å². The third-order valence-electron chi connectivity index (χ3n) is 12.6. The van der Waals surface area contributed by atoms with Crippen LogP contribution >= 0.6 is 0 Å². The minimum absolute atomic E-state index is 1.21. The average molecular weight is 759 g/mol. The second kappa shape index (κ2) is 13.9. The maximum Gasteiger partial charge on any atom is -0.00259 e. The molecule has 0 heteroatoms. The molecule has 12 aromatic rings. The van der Waals surface area contributed by atoms with Crippen molar-refractivity contribution in [1.29, 1.82) is 0 Å². The van der Waals surface area contributed by atoms with Crippen LogP contribution in [0.5, 0.6) is 0 Å². The number of hydrogen-bond donors (Lipinski definition) is 0. The van der Waals surface area contributed by atoms with Crippen molar-refractivity contribution in [3.8, 4) is 55.6 Å². The van der Waals surface area contributed by atoms with Crippen molar-refractivity contribution in [2.45, 2.75) is 0 Å². The van der Waals surface area contributed by atoms with Crippen LogP contribution in [0.1, 0.15) is 0 Å². The summed E-state index contributed by atoms with van der Waals surface area (Å²) in [6.07, 6.45) is 0. The normalized spacial score (nSPS) is 11.7. The molecule has 278 valence electrons. The lowest BCUT2D eigenvalue weighted by molar-refractivity contribution is 1.62. The van der Waals surface area contributed by atoms with E-state index in [1.165, 1.54) is 120 Å². The standard InChI is InChI=1S/C60H38/c1-3-15-41-33-44(29-27-39(41)13-1)43-18-11-20-49(35-43)60-55-26-10-9-25-54(55)59(56-32-31-46(37-58(56)60)45-30-28-40-14-2-4-16-42(40)34-45)50-21-12-19-47(36-50)57-38-48-17-5-6-22-51(48)52-23-7-8-24-53(52)57/h1-38H. The zero-order valence-corrected chi connectivity index (χ0v) is 32.9. The van der Waals surface area contributed by atoms with E-state index >= 15 is 0 Å². The number of hydrogen-bond acceptors (Lipinski definition) is 0. The SMILES string of the molecule is c1cc(-c2ccc3ccccc3c2)cc(-c2c3ccccc3c(-c3cccc(-c4cc5ccccc5c5ccccc45)c3)c3ccc(-c4ccc5ccccc5c4)cc23)c1. The molecule has 0 saturated carbocycles. The van der Waals surface area contributed by atoms with Crippen molar-refractivity contribution in [3.05, 3.63) is 231 Å². The Morgan fingerprint density at radius 2 is 0.583 bits per heavy atom. The molecule has 0 unspecified atom stereocenters. The Labute approximate surface area is 349 Å². The van der Waals surface area contributed by atoms with Gasteiger partial charge < -0.3 is 0 Å². The molecule has 12 aromatic carbocycles. The predicted octanol–water partition coefficient (Wildman–Crippen LogP) is 16.9. The van der Waals surface area contributed by atoms with Gasteiger partial charge in [-0.2, -0.15) is 0 Å². The first kappa shape index (κ1) is 34.3. The first-order valence-corrected chi connectivity index (χ1v) is 20.8. The van der Waals surface area contributed by atoms with Gasteiger partial charge >= 0.3 is 0 Å². The van der Waals surface area contributed by atoms with Crippen LogP contribution in [-0.4, -0.2) is 0 Å². The fourth-order valence-electron chi connectivity index (χ4n) is 9.71. The van der Waals surface area contributed by atoms with Gasteiger partial charge in [0.05, 0.1) is 0 Å². The molecule has 12 rings (SSSR count). The lowest BCUT2D eigenvalue weighted by Gasteiger charge is -2.20. The van der Waals surface area contributed by atoms with Gasteiger partial charge in [-0.15, -0.1) is 0 Å². The molecule has 0 aliphatic rings. The maximum atomic E-state index is 2.44. The zero-order chi connectivity index (χ0) is 39.6. The molecular weight excluding hydrogens is 721 g/mol. The lowest BCUT2D eigenvalue weighted by Crippen LogP contribution is -1.93. The summed E-state index contributed by atoms with van der Waals surface area (Å²) in [4.78, 5) is 0. The van der Waals surface area contributed by atoms with Crippen LogP contribution in [-0.2, 0) is 0 Å². The topological polar surface area (TPSA) is 0 Å². The molecule has 0 bridgehead atoms. The minimum atomic E-state index is 1.21. The van der Waals surface area contributed by atoms with Gasteiger partial charge in [0.25, 0.3) is 0 Å². The van der Waals surface area contributed by atoms with E-state index in [0.717, 1.165) is 0 Å². The summed E-state index contributed by atoms with van der Waals surface area (Å²) >= 11 is 0. The summed E-state index contributed by atoms with van der Waals surface area (Å²) < 4.78 is 0. The molecule has 60 heavy (non-hydrogen) atoms. The molecule has 0 amide bonds. The summed E-state index contributed by atoms with van der Waals surface area (Å²) in [5.41, 5.74) is 12.2. The summed E-state index contributed by atoms with van der Waals surface area (Å²) in [6.45, 7) is 0. The molecule has 0 nitrogen and oxygen atoms in total. The number of benzene rings is 12. The van der Waals surface area contributed by atoms with Gasteiger partial charge in [0.2, 0.25) is 0 Å². The average Bonchev–Trinajstić information content (AvgIpc) is 3.32. The molecule has 0 heterocycles. The molecule has 0 aromatic heterocycles. The van der Waals surface area contributed by atoms with E-state index < -0.39 is 0 Å². The van der Waals surface area contributed by atoms with Crippen LogP contribution in [0, 0.1) is 0 Å². The Hall–Kier alpha value is -7.80. The Morgan fingerprint density at radius 3 is 1.23 bits per heavy atom. The minimum Gasteiger partial charge on any atom is -0.0616 e. The third-order valence-corrected chi connectivity index (χ3v) is 12.6. The van der Waals surface area contributed by atoms with E-state index in [4.69, 9.17) is 0 Å². The predicted molar refractivity (Wildman–Crippen MR) is 259 cm³/mol. The molecule has 0 saturated heterocycles. The lowest BCUT2D eigenvalue weighted by atomic mass is 9.83. The van der Waals surface area contributed by atoms with Crippen molar-refractivity contribution in [2.24, 2.45) is 0 Å². The van der Waals surface area contributed by atoms with E-state index in [0.29, 0.717) is 0 Å². The second-order valence-electron chi connectivity index (χ2n) is 16.0. The first-order valence-electron chi connectivity index (χ1n) is 20.8. The summed E-state index contributed by atoms with van der Waals surface area (Å²) in [5, 5.41) is 15.1. The van der Waals surface area contributed by atoms with Gasteiger partial charge in [0, 0.05) is 0 Å².